The molecule has 0 aromatic heterocycles. The van der Waals surface area contributed by atoms with E-state index in [9.17, 15) is 8.42 Å². The highest BCUT2D eigenvalue weighted by molar-refractivity contribution is 7.92. The topological polar surface area (TPSA) is 85.9 Å². The molecule has 35 heavy (non-hydrogen) atoms. The van der Waals surface area contributed by atoms with E-state index in [-0.39, 0.29) is 22.8 Å². The Morgan fingerprint density at radius 1 is 0.914 bits per heavy atom. The van der Waals surface area contributed by atoms with Crippen molar-refractivity contribution >= 4 is 21.4 Å². The standard InChI is InChI=1S/C27H28N2O5S/c1-32-19-7-4-6-18(15-19)29-35(30,31)20-11-12-24-23(16-20)21-8-5-9-22(21)27(28-24)17-10-13-25(33-2)26(14-17)34-3/h4-8,10-16,21-22,27-29H,9H2,1-3H3/t21-,22+,27+/m0/s1. The molecule has 7 nitrogen and oxygen atoms in total. The molecular weight excluding hydrogens is 464 g/mol. The number of benzene rings is 3. The van der Waals surface area contributed by atoms with Crippen LogP contribution in [0.15, 0.2) is 77.7 Å². The van der Waals surface area contributed by atoms with E-state index in [1.807, 2.05) is 18.2 Å². The van der Waals surface area contributed by atoms with E-state index in [0.717, 1.165) is 23.2 Å². The second-order valence-corrected chi connectivity index (χ2v) is 10.4. The van der Waals surface area contributed by atoms with E-state index in [4.69, 9.17) is 14.2 Å². The second-order valence-electron chi connectivity index (χ2n) is 8.68. The van der Waals surface area contributed by atoms with Crippen LogP contribution in [0.3, 0.4) is 0 Å². The summed E-state index contributed by atoms with van der Waals surface area (Å²) in [5.41, 5.74) is 3.46. The minimum Gasteiger partial charge on any atom is -0.497 e. The lowest BCUT2D eigenvalue weighted by molar-refractivity contribution is 0.353. The first-order valence-corrected chi connectivity index (χ1v) is 12.9. The molecule has 0 unspecified atom stereocenters. The Morgan fingerprint density at radius 2 is 1.74 bits per heavy atom. The SMILES string of the molecule is COc1cccc(NS(=O)(=O)c2ccc3c(c2)[C@H]2C=CC[C@H]2[C@@H](c2ccc(OC)c(OC)c2)N3)c1. The predicted molar refractivity (Wildman–Crippen MR) is 136 cm³/mol. The lowest BCUT2D eigenvalue weighted by Gasteiger charge is -2.38. The van der Waals surface area contributed by atoms with Crippen molar-refractivity contribution in [3.05, 3.63) is 83.9 Å². The monoisotopic (exact) mass is 492 g/mol. The van der Waals surface area contributed by atoms with Gasteiger partial charge in [0.25, 0.3) is 10.0 Å². The smallest absolute Gasteiger partial charge is 0.261 e. The van der Waals surface area contributed by atoms with Crippen LogP contribution in [0.2, 0.25) is 0 Å². The third-order valence-corrected chi connectivity index (χ3v) is 8.11. The van der Waals surface area contributed by atoms with Gasteiger partial charge >= 0.3 is 0 Å². The van der Waals surface area contributed by atoms with Crippen LogP contribution < -0.4 is 24.2 Å². The van der Waals surface area contributed by atoms with Gasteiger partial charge in [0.05, 0.1) is 38.0 Å². The van der Waals surface area contributed by atoms with E-state index < -0.39 is 10.0 Å². The van der Waals surface area contributed by atoms with Crippen molar-refractivity contribution in [1.29, 1.82) is 0 Å². The number of nitrogens with one attached hydrogen (secondary N) is 2. The normalized spacial score (nSPS) is 20.4. The summed E-state index contributed by atoms with van der Waals surface area (Å²) >= 11 is 0. The lowest BCUT2D eigenvalue weighted by Crippen LogP contribution is -2.29. The number of hydrogen-bond acceptors (Lipinski definition) is 6. The molecule has 3 atom stereocenters. The Kier molecular flexibility index (Phi) is 6.06. The zero-order valence-electron chi connectivity index (χ0n) is 19.8. The molecule has 0 saturated carbocycles. The molecule has 1 heterocycles. The van der Waals surface area contributed by atoms with Crippen LogP contribution in [0, 0.1) is 5.92 Å². The molecule has 0 radical (unpaired) electrons. The van der Waals surface area contributed by atoms with Crippen molar-refractivity contribution in [2.45, 2.75) is 23.3 Å². The quantitative estimate of drug-likeness (QED) is 0.433. The fourth-order valence-corrected chi connectivity index (χ4v) is 6.10. The van der Waals surface area contributed by atoms with Gasteiger partial charge in [0.1, 0.15) is 5.75 Å². The molecule has 3 aromatic rings. The van der Waals surface area contributed by atoms with Crippen LogP contribution in [-0.4, -0.2) is 29.7 Å². The van der Waals surface area contributed by atoms with E-state index in [0.29, 0.717) is 22.9 Å². The molecule has 0 amide bonds. The van der Waals surface area contributed by atoms with Crippen molar-refractivity contribution in [3.8, 4) is 17.2 Å². The molecule has 2 N–H and O–H groups in total. The van der Waals surface area contributed by atoms with Gasteiger partial charge in [0, 0.05) is 17.7 Å². The highest BCUT2D eigenvalue weighted by atomic mass is 32.2. The van der Waals surface area contributed by atoms with Gasteiger partial charge in [-0.2, -0.15) is 0 Å². The first-order valence-electron chi connectivity index (χ1n) is 11.4. The summed E-state index contributed by atoms with van der Waals surface area (Å²) in [7, 11) is 1.03. The Hall–Kier alpha value is -3.65. The van der Waals surface area contributed by atoms with Gasteiger partial charge in [0.15, 0.2) is 11.5 Å². The highest BCUT2D eigenvalue weighted by Crippen LogP contribution is 2.51. The molecule has 8 heteroatoms. The summed E-state index contributed by atoms with van der Waals surface area (Å²) in [6, 6.07) is 18.2. The van der Waals surface area contributed by atoms with Crippen LogP contribution >= 0.6 is 0 Å². The molecule has 0 spiro atoms. The van der Waals surface area contributed by atoms with Crippen molar-refractivity contribution in [2.24, 2.45) is 5.92 Å². The van der Waals surface area contributed by atoms with Gasteiger partial charge in [-0.1, -0.05) is 24.3 Å². The van der Waals surface area contributed by atoms with Gasteiger partial charge < -0.3 is 19.5 Å². The number of ether oxygens (including phenoxy) is 3. The van der Waals surface area contributed by atoms with E-state index in [1.165, 1.54) is 0 Å². The lowest BCUT2D eigenvalue weighted by atomic mass is 9.77. The highest BCUT2D eigenvalue weighted by Gasteiger charge is 2.38. The number of sulfonamides is 1. The number of methoxy groups -OCH3 is 3. The van der Waals surface area contributed by atoms with Crippen molar-refractivity contribution in [1.82, 2.24) is 0 Å². The third kappa shape index (κ3) is 4.30. The van der Waals surface area contributed by atoms with Gasteiger partial charge in [-0.15, -0.1) is 0 Å². The first kappa shape index (κ1) is 23.1. The minimum atomic E-state index is -3.77. The number of fused-ring (bicyclic) bond motifs is 3. The summed E-state index contributed by atoms with van der Waals surface area (Å²) in [5, 5.41) is 3.65. The van der Waals surface area contributed by atoms with Gasteiger partial charge in [0.2, 0.25) is 0 Å². The predicted octanol–water partition coefficient (Wildman–Crippen LogP) is 5.34. The molecule has 0 fully saturated rings. The van der Waals surface area contributed by atoms with Crippen LogP contribution in [0.25, 0.3) is 0 Å². The summed E-state index contributed by atoms with van der Waals surface area (Å²) < 4.78 is 45.1. The van der Waals surface area contributed by atoms with E-state index in [1.54, 1.807) is 57.7 Å². The fraction of sp³-hybridized carbons (Fsp3) is 0.259. The largest absolute Gasteiger partial charge is 0.497 e. The van der Waals surface area contributed by atoms with Gasteiger partial charge in [-0.3, -0.25) is 4.72 Å². The number of rotatable bonds is 7. The Balaban J connectivity index is 1.47. The molecule has 182 valence electrons. The van der Waals surface area contributed by atoms with Crippen LogP contribution in [0.1, 0.15) is 29.5 Å². The Labute approximate surface area is 205 Å². The Bertz CT molecular complexity index is 1390. The number of anilines is 2. The molecule has 2 aliphatic rings. The van der Waals surface area contributed by atoms with Crippen LogP contribution in [-0.2, 0) is 10.0 Å². The van der Waals surface area contributed by atoms with E-state index >= 15 is 0 Å². The van der Waals surface area contributed by atoms with Crippen LogP contribution in [0.4, 0.5) is 11.4 Å². The molecule has 3 aromatic carbocycles. The molecule has 1 aliphatic heterocycles. The summed E-state index contributed by atoms with van der Waals surface area (Å²) in [6.07, 6.45) is 5.26. The zero-order valence-corrected chi connectivity index (χ0v) is 20.6. The maximum absolute atomic E-state index is 13.2. The molecule has 0 saturated heterocycles. The average Bonchev–Trinajstić information content (AvgIpc) is 3.37. The van der Waals surface area contributed by atoms with Gasteiger partial charge in [-0.05, 0) is 65.9 Å². The Morgan fingerprint density at radius 3 is 2.51 bits per heavy atom. The molecule has 1 aliphatic carbocycles. The van der Waals surface area contributed by atoms with Crippen molar-refractivity contribution < 1.29 is 22.6 Å². The van der Waals surface area contributed by atoms with Gasteiger partial charge in [-0.25, -0.2) is 8.42 Å². The van der Waals surface area contributed by atoms with Crippen molar-refractivity contribution in [2.75, 3.05) is 31.4 Å². The summed E-state index contributed by atoms with van der Waals surface area (Å²) in [5.74, 6) is 2.32. The fourth-order valence-electron chi connectivity index (χ4n) is 5.02. The maximum atomic E-state index is 13.2. The maximum Gasteiger partial charge on any atom is 0.261 e. The number of hydrogen-bond donors (Lipinski definition) is 2. The molecule has 5 rings (SSSR count). The summed E-state index contributed by atoms with van der Waals surface area (Å²) in [4.78, 5) is 0.226. The zero-order chi connectivity index (χ0) is 24.6. The second kappa shape index (κ2) is 9.19. The molecule has 0 bridgehead atoms. The molecular formula is C27H28N2O5S. The van der Waals surface area contributed by atoms with Crippen LogP contribution in [0.5, 0.6) is 17.2 Å². The van der Waals surface area contributed by atoms with Crippen molar-refractivity contribution in [3.63, 3.8) is 0 Å². The summed E-state index contributed by atoms with van der Waals surface area (Å²) in [6.45, 7) is 0. The average molecular weight is 493 g/mol. The first-order chi connectivity index (χ1) is 16.9. The minimum absolute atomic E-state index is 0.0553. The number of allylic oxidation sites excluding steroid dienone is 2. The van der Waals surface area contributed by atoms with E-state index in [2.05, 4.69) is 28.3 Å². The third-order valence-electron chi connectivity index (χ3n) is 6.73.